The standard InChI is InChI=1S/C10H10BrFO/c1-10(2,6-13)9-7(11)4-3-5-8(9)12/h3-6H,1-2H3. The molecule has 0 spiro atoms. The predicted octanol–water partition coefficient (Wildman–Crippen LogP) is 3.06. The Hall–Kier alpha value is -0.700. The van der Waals surface area contributed by atoms with Crippen molar-refractivity contribution in [2.75, 3.05) is 0 Å². The van der Waals surface area contributed by atoms with Crippen molar-refractivity contribution in [3.05, 3.63) is 34.1 Å². The maximum Gasteiger partial charge on any atom is 0.130 e. The molecule has 0 radical (unpaired) electrons. The van der Waals surface area contributed by atoms with E-state index in [2.05, 4.69) is 15.9 Å². The fourth-order valence-electron chi connectivity index (χ4n) is 1.17. The number of carbonyl (C=O) groups is 1. The molecule has 0 unspecified atom stereocenters. The van der Waals surface area contributed by atoms with Crippen LogP contribution in [0.25, 0.3) is 0 Å². The zero-order valence-corrected chi connectivity index (χ0v) is 9.06. The Balaban J connectivity index is 3.36. The van der Waals surface area contributed by atoms with E-state index in [0.717, 1.165) is 6.29 Å². The molecule has 0 amide bonds. The Bertz CT molecular complexity index is 313. The van der Waals surface area contributed by atoms with E-state index in [9.17, 15) is 9.18 Å². The lowest BCUT2D eigenvalue weighted by atomic mass is 9.86. The largest absolute Gasteiger partial charge is 0.302 e. The molecule has 0 saturated heterocycles. The summed E-state index contributed by atoms with van der Waals surface area (Å²) in [5.41, 5.74) is -0.380. The van der Waals surface area contributed by atoms with Gasteiger partial charge >= 0.3 is 0 Å². The fourth-order valence-corrected chi connectivity index (χ4v) is 2.03. The van der Waals surface area contributed by atoms with Crippen molar-refractivity contribution >= 4 is 22.2 Å². The Morgan fingerprint density at radius 2 is 2.08 bits per heavy atom. The summed E-state index contributed by atoms with van der Waals surface area (Å²) in [6.07, 6.45) is 0.746. The number of benzene rings is 1. The van der Waals surface area contributed by atoms with Crippen LogP contribution in [-0.2, 0) is 10.2 Å². The van der Waals surface area contributed by atoms with Crippen molar-refractivity contribution in [1.29, 1.82) is 0 Å². The summed E-state index contributed by atoms with van der Waals surface area (Å²) in [7, 11) is 0. The first-order valence-electron chi connectivity index (χ1n) is 3.90. The molecular formula is C10H10BrFO. The summed E-state index contributed by atoms with van der Waals surface area (Å²) >= 11 is 3.22. The highest BCUT2D eigenvalue weighted by Gasteiger charge is 2.25. The second kappa shape index (κ2) is 3.58. The molecule has 3 heteroatoms. The molecule has 13 heavy (non-hydrogen) atoms. The second-order valence-electron chi connectivity index (χ2n) is 3.44. The summed E-state index contributed by atoms with van der Waals surface area (Å²) in [5.74, 6) is -0.355. The molecule has 1 aromatic carbocycles. The smallest absolute Gasteiger partial charge is 0.130 e. The summed E-state index contributed by atoms with van der Waals surface area (Å²) in [4.78, 5) is 10.7. The van der Waals surface area contributed by atoms with Crippen molar-refractivity contribution in [2.24, 2.45) is 0 Å². The lowest BCUT2D eigenvalue weighted by Crippen LogP contribution is -2.21. The number of aldehydes is 1. The second-order valence-corrected chi connectivity index (χ2v) is 4.29. The summed E-state index contributed by atoms with van der Waals surface area (Å²) < 4.78 is 14.0. The minimum absolute atomic E-state index is 0.355. The van der Waals surface area contributed by atoms with Crippen molar-refractivity contribution in [1.82, 2.24) is 0 Å². The first-order chi connectivity index (χ1) is 5.99. The molecule has 0 aromatic heterocycles. The van der Waals surface area contributed by atoms with Gasteiger partial charge in [0.2, 0.25) is 0 Å². The maximum absolute atomic E-state index is 13.3. The third-order valence-electron chi connectivity index (χ3n) is 1.90. The van der Waals surface area contributed by atoms with E-state index in [1.807, 2.05) is 0 Å². The lowest BCUT2D eigenvalue weighted by Gasteiger charge is -2.19. The number of carbonyl (C=O) groups excluding carboxylic acids is 1. The van der Waals surface area contributed by atoms with Gasteiger partial charge in [-0.15, -0.1) is 0 Å². The normalized spacial score (nSPS) is 11.4. The fraction of sp³-hybridized carbons (Fsp3) is 0.300. The van der Waals surface area contributed by atoms with Crippen molar-refractivity contribution in [3.8, 4) is 0 Å². The van der Waals surface area contributed by atoms with E-state index < -0.39 is 5.41 Å². The van der Waals surface area contributed by atoms with E-state index in [0.29, 0.717) is 10.0 Å². The van der Waals surface area contributed by atoms with E-state index >= 15 is 0 Å². The molecule has 1 rings (SSSR count). The zero-order chi connectivity index (χ0) is 10.1. The van der Waals surface area contributed by atoms with E-state index in [1.54, 1.807) is 26.0 Å². The van der Waals surface area contributed by atoms with Crippen LogP contribution in [0.3, 0.4) is 0 Å². The highest BCUT2D eigenvalue weighted by atomic mass is 79.9. The van der Waals surface area contributed by atoms with Crippen LogP contribution in [0.1, 0.15) is 19.4 Å². The van der Waals surface area contributed by atoms with Gasteiger partial charge in [0.05, 0.1) is 0 Å². The highest BCUT2D eigenvalue weighted by Crippen LogP contribution is 2.30. The molecule has 1 aromatic rings. The molecule has 0 fully saturated rings. The van der Waals surface area contributed by atoms with Crippen LogP contribution < -0.4 is 0 Å². The lowest BCUT2D eigenvalue weighted by molar-refractivity contribution is -0.111. The average molecular weight is 245 g/mol. The Kier molecular flexibility index (Phi) is 2.86. The molecule has 0 aliphatic heterocycles. The summed E-state index contributed by atoms with van der Waals surface area (Å²) in [6.45, 7) is 3.37. The van der Waals surface area contributed by atoms with Gasteiger partial charge in [0, 0.05) is 15.5 Å². The van der Waals surface area contributed by atoms with Crippen LogP contribution in [0.2, 0.25) is 0 Å². The molecule has 0 aliphatic rings. The van der Waals surface area contributed by atoms with E-state index in [-0.39, 0.29) is 5.82 Å². The van der Waals surface area contributed by atoms with Gasteiger partial charge in [0.1, 0.15) is 12.1 Å². The van der Waals surface area contributed by atoms with Gasteiger partial charge in [-0.2, -0.15) is 0 Å². The molecule has 0 bridgehead atoms. The molecular weight excluding hydrogens is 235 g/mol. The van der Waals surface area contributed by atoms with Crippen LogP contribution in [-0.4, -0.2) is 6.29 Å². The van der Waals surface area contributed by atoms with Gasteiger partial charge in [0.15, 0.2) is 0 Å². The molecule has 0 N–H and O–H groups in total. The van der Waals surface area contributed by atoms with Crippen LogP contribution in [0.15, 0.2) is 22.7 Å². The molecule has 0 saturated carbocycles. The van der Waals surface area contributed by atoms with Crippen LogP contribution >= 0.6 is 15.9 Å². The third-order valence-corrected chi connectivity index (χ3v) is 2.56. The van der Waals surface area contributed by atoms with Gasteiger partial charge in [-0.3, -0.25) is 0 Å². The van der Waals surface area contributed by atoms with Crippen molar-refractivity contribution < 1.29 is 9.18 Å². The van der Waals surface area contributed by atoms with Gasteiger partial charge in [0.25, 0.3) is 0 Å². The molecule has 1 nitrogen and oxygen atoms in total. The third kappa shape index (κ3) is 1.97. The van der Waals surface area contributed by atoms with Gasteiger partial charge < -0.3 is 4.79 Å². The topological polar surface area (TPSA) is 17.1 Å². The number of halogens is 2. The molecule has 0 aliphatic carbocycles. The first-order valence-corrected chi connectivity index (χ1v) is 4.69. The van der Waals surface area contributed by atoms with E-state index in [4.69, 9.17) is 0 Å². The van der Waals surface area contributed by atoms with Crippen LogP contribution in [0.5, 0.6) is 0 Å². The number of rotatable bonds is 2. The molecule has 0 heterocycles. The van der Waals surface area contributed by atoms with E-state index in [1.165, 1.54) is 6.07 Å². The Labute approximate surface area is 85.1 Å². The van der Waals surface area contributed by atoms with Crippen LogP contribution in [0.4, 0.5) is 4.39 Å². The van der Waals surface area contributed by atoms with Gasteiger partial charge in [-0.25, -0.2) is 4.39 Å². The van der Waals surface area contributed by atoms with Gasteiger partial charge in [-0.05, 0) is 26.0 Å². The Morgan fingerprint density at radius 1 is 1.46 bits per heavy atom. The summed E-state index contributed by atoms with van der Waals surface area (Å²) in [5, 5.41) is 0. The summed E-state index contributed by atoms with van der Waals surface area (Å²) in [6, 6.07) is 4.68. The quantitative estimate of drug-likeness (QED) is 0.732. The maximum atomic E-state index is 13.3. The minimum atomic E-state index is -0.788. The van der Waals surface area contributed by atoms with Crippen molar-refractivity contribution in [2.45, 2.75) is 19.3 Å². The number of hydrogen-bond acceptors (Lipinski definition) is 1. The average Bonchev–Trinajstić information content (AvgIpc) is 2.03. The van der Waals surface area contributed by atoms with Gasteiger partial charge in [-0.1, -0.05) is 22.0 Å². The highest BCUT2D eigenvalue weighted by molar-refractivity contribution is 9.10. The SMILES string of the molecule is CC(C)(C=O)c1c(F)cccc1Br. The monoisotopic (exact) mass is 244 g/mol. The predicted molar refractivity (Wildman–Crippen MR) is 53.2 cm³/mol. The zero-order valence-electron chi connectivity index (χ0n) is 7.47. The Morgan fingerprint density at radius 3 is 2.54 bits per heavy atom. The molecule has 0 atom stereocenters. The minimum Gasteiger partial charge on any atom is -0.302 e. The molecule has 70 valence electrons. The van der Waals surface area contributed by atoms with Crippen molar-refractivity contribution in [3.63, 3.8) is 0 Å². The number of hydrogen-bond donors (Lipinski definition) is 0. The first kappa shape index (κ1) is 10.4. The van der Waals surface area contributed by atoms with Crippen LogP contribution in [0, 0.1) is 5.82 Å².